The predicted octanol–water partition coefficient (Wildman–Crippen LogP) is 0.350. The van der Waals surface area contributed by atoms with Crippen molar-refractivity contribution in [2.45, 2.75) is 25.8 Å². The van der Waals surface area contributed by atoms with Crippen LogP contribution in [0.2, 0.25) is 0 Å². The summed E-state index contributed by atoms with van der Waals surface area (Å²) in [6.45, 7) is 5.71. The van der Waals surface area contributed by atoms with E-state index in [-0.39, 0.29) is 0 Å². The van der Waals surface area contributed by atoms with E-state index in [9.17, 15) is 0 Å². The minimum Gasteiger partial charge on any atom is -0.381 e. The van der Waals surface area contributed by atoms with Crippen molar-refractivity contribution >= 4 is 0 Å². The third-order valence-corrected chi connectivity index (χ3v) is 2.56. The van der Waals surface area contributed by atoms with Crippen LogP contribution in [0.25, 0.3) is 0 Å². The van der Waals surface area contributed by atoms with Crippen LogP contribution in [0, 0.1) is 5.92 Å². The number of likely N-dealkylation sites (N-methyl/N-ethyl adjacent to an activating group) is 1. The highest BCUT2D eigenvalue weighted by Gasteiger charge is 2.21. The number of nitrogens with two attached hydrogens (primary N) is 1. The highest BCUT2D eigenvalue weighted by atomic mass is 16.5. The standard InChI is InChI=1S/C9H20N2O/c1-2-11-9(7-10)8-3-5-12-6-4-8/h8-9,11H,2-7,10H2,1H3. The Morgan fingerprint density at radius 1 is 1.50 bits per heavy atom. The average Bonchev–Trinajstić information content (AvgIpc) is 2.15. The molecule has 1 fully saturated rings. The van der Waals surface area contributed by atoms with Gasteiger partial charge in [0.15, 0.2) is 0 Å². The van der Waals surface area contributed by atoms with E-state index in [1.54, 1.807) is 0 Å². The van der Waals surface area contributed by atoms with E-state index >= 15 is 0 Å². The molecule has 0 spiro atoms. The van der Waals surface area contributed by atoms with Gasteiger partial charge in [-0.15, -0.1) is 0 Å². The molecule has 0 amide bonds. The lowest BCUT2D eigenvalue weighted by molar-refractivity contribution is 0.0550. The number of nitrogens with one attached hydrogen (secondary N) is 1. The maximum absolute atomic E-state index is 5.69. The summed E-state index contributed by atoms with van der Waals surface area (Å²) in [7, 11) is 0. The first-order valence-corrected chi connectivity index (χ1v) is 4.89. The molecule has 0 aromatic rings. The Bertz CT molecular complexity index is 110. The molecular formula is C9H20N2O. The van der Waals surface area contributed by atoms with E-state index in [0.29, 0.717) is 6.04 Å². The van der Waals surface area contributed by atoms with Gasteiger partial charge in [-0.1, -0.05) is 6.92 Å². The lowest BCUT2D eigenvalue weighted by Crippen LogP contribution is -2.44. The van der Waals surface area contributed by atoms with Crippen molar-refractivity contribution in [3.63, 3.8) is 0 Å². The summed E-state index contributed by atoms with van der Waals surface area (Å²) in [4.78, 5) is 0. The van der Waals surface area contributed by atoms with E-state index in [2.05, 4.69) is 12.2 Å². The zero-order valence-electron chi connectivity index (χ0n) is 7.88. The first-order chi connectivity index (χ1) is 5.88. The van der Waals surface area contributed by atoms with Crippen molar-refractivity contribution in [1.82, 2.24) is 5.32 Å². The van der Waals surface area contributed by atoms with Gasteiger partial charge in [0, 0.05) is 25.8 Å². The Morgan fingerprint density at radius 2 is 2.17 bits per heavy atom. The van der Waals surface area contributed by atoms with E-state index in [1.165, 1.54) is 0 Å². The Balaban J connectivity index is 2.29. The molecule has 0 saturated carbocycles. The quantitative estimate of drug-likeness (QED) is 0.643. The fourth-order valence-corrected chi connectivity index (χ4v) is 1.82. The minimum atomic E-state index is 0.499. The van der Waals surface area contributed by atoms with Crippen molar-refractivity contribution in [2.75, 3.05) is 26.3 Å². The van der Waals surface area contributed by atoms with Crippen LogP contribution in [0.5, 0.6) is 0 Å². The lowest BCUT2D eigenvalue weighted by atomic mass is 9.92. The van der Waals surface area contributed by atoms with Gasteiger partial charge in [-0.3, -0.25) is 0 Å². The largest absolute Gasteiger partial charge is 0.381 e. The summed E-state index contributed by atoms with van der Waals surface area (Å²) in [6.07, 6.45) is 2.32. The molecule has 1 saturated heterocycles. The summed E-state index contributed by atoms with van der Waals surface area (Å²) in [6, 6.07) is 0.499. The number of rotatable bonds is 4. The van der Waals surface area contributed by atoms with Gasteiger partial charge in [0.2, 0.25) is 0 Å². The highest BCUT2D eigenvalue weighted by Crippen LogP contribution is 2.17. The Morgan fingerprint density at radius 3 is 2.67 bits per heavy atom. The molecule has 1 atom stereocenters. The second kappa shape index (κ2) is 5.51. The summed E-state index contributed by atoms with van der Waals surface area (Å²) in [5, 5.41) is 3.42. The smallest absolute Gasteiger partial charge is 0.0469 e. The molecule has 1 rings (SSSR count). The molecule has 3 heteroatoms. The highest BCUT2D eigenvalue weighted by molar-refractivity contribution is 4.78. The van der Waals surface area contributed by atoms with Crippen LogP contribution in [-0.2, 0) is 4.74 Å². The summed E-state index contributed by atoms with van der Waals surface area (Å²) < 4.78 is 5.30. The summed E-state index contributed by atoms with van der Waals surface area (Å²) >= 11 is 0. The topological polar surface area (TPSA) is 47.3 Å². The van der Waals surface area contributed by atoms with Gasteiger partial charge in [0.1, 0.15) is 0 Å². The van der Waals surface area contributed by atoms with E-state index in [4.69, 9.17) is 10.5 Å². The monoisotopic (exact) mass is 172 g/mol. The summed E-state index contributed by atoms with van der Waals surface area (Å²) in [5.74, 6) is 0.726. The molecule has 1 aliphatic rings. The lowest BCUT2D eigenvalue weighted by Gasteiger charge is -2.29. The van der Waals surface area contributed by atoms with Crippen LogP contribution in [0.3, 0.4) is 0 Å². The first kappa shape index (κ1) is 9.96. The van der Waals surface area contributed by atoms with Gasteiger partial charge in [-0.05, 0) is 25.3 Å². The molecule has 0 radical (unpaired) electrons. The maximum Gasteiger partial charge on any atom is 0.0469 e. The molecule has 0 aliphatic carbocycles. The van der Waals surface area contributed by atoms with Crippen molar-refractivity contribution < 1.29 is 4.74 Å². The van der Waals surface area contributed by atoms with Crippen molar-refractivity contribution in [3.8, 4) is 0 Å². The zero-order valence-corrected chi connectivity index (χ0v) is 7.88. The summed E-state index contributed by atoms with van der Waals surface area (Å²) in [5.41, 5.74) is 5.69. The van der Waals surface area contributed by atoms with Crippen LogP contribution in [0.4, 0.5) is 0 Å². The van der Waals surface area contributed by atoms with Gasteiger partial charge in [-0.2, -0.15) is 0 Å². The van der Waals surface area contributed by atoms with Gasteiger partial charge in [0.25, 0.3) is 0 Å². The zero-order chi connectivity index (χ0) is 8.81. The van der Waals surface area contributed by atoms with Crippen LogP contribution in [0.1, 0.15) is 19.8 Å². The molecule has 0 bridgehead atoms. The van der Waals surface area contributed by atoms with Gasteiger partial charge < -0.3 is 15.8 Å². The van der Waals surface area contributed by atoms with E-state index < -0.39 is 0 Å². The van der Waals surface area contributed by atoms with Crippen molar-refractivity contribution in [2.24, 2.45) is 11.7 Å². The molecular weight excluding hydrogens is 152 g/mol. The fraction of sp³-hybridized carbons (Fsp3) is 1.00. The molecule has 0 aromatic carbocycles. The minimum absolute atomic E-state index is 0.499. The maximum atomic E-state index is 5.69. The molecule has 12 heavy (non-hydrogen) atoms. The Kier molecular flexibility index (Phi) is 4.58. The second-order valence-electron chi connectivity index (χ2n) is 3.35. The third-order valence-electron chi connectivity index (χ3n) is 2.56. The predicted molar refractivity (Wildman–Crippen MR) is 50.1 cm³/mol. The molecule has 1 unspecified atom stereocenters. The van der Waals surface area contributed by atoms with Crippen LogP contribution in [-0.4, -0.2) is 32.3 Å². The second-order valence-corrected chi connectivity index (χ2v) is 3.35. The average molecular weight is 172 g/mol. The third kappa shape index (κ3) is 2.73. The Labute approximate surface area is 74.7 Å². The molecule has 1 heterocycles. The van der Waals surface area contributed by atoms with Gasteiger partial charge in [-0.25, -0.2) is 0 Å². The molecule has 3 N–H and O–H groups in total. The van der Waals surface area contributed by atoms with Crippen LogP contribution in [0.15, 0.2) is 0 Å². The van der Waals surface area contributed by atoms with Crippen LogP contribution >= 0.6 is 0 Å². The SMILES string of the molecule is CCNC(CN)C1CCOCC1. The molecule has 1 aliphatic heterocycles. The van der Waals surface area contributed by atoms with Crippen LogP contribution < -0.4 is 11.1 Å². The Hall–Kier alpha value is -0.120. The van der Waals surface area contributed by atoms with Crippen molar-refractivity contribution in [3.05, 3.63) is 0 Å². The van der Waals surface area contributed by atoms with Gasteiger partial charge >= 0.3 is 0 Å². The fourth-order valence-electron chi connectivity index (χ4n) is 1.82. The van der Waals surface area contributed by atoms with Crippen molar-refractivity contribution in [1.29, 1.82) is 0 Å². The first-order valence-electron chi connectivity index (χ1n) is 4.89. The normalized spacial score (nSPS) is 22.5. The number of ether oxygens (including phenoxy) is 1. The van der Waals surface area contributed by atoms with E-state index in [1.807, 2.05) is 0 Å². The molecule has 0 aromatic heterocycles. The molecule has 72 valence electrons. The number of hydrogen-bond donors (Lipinski definition) is 2. The molecule has 3 nitrogen and oxygen atoms in total. The van der Waals surface area contributed by atoms with Gasteiger partial charge in [0.05, 0.1) is 0 Å². The number of hydrogen-bond acceptors (Lipinski definition) is 3. The van der Waals surface area contributed by atoms with E-state index in [0.717, 1.165) is 45.1 Å².